The Hall–Kier alpha value is -1.55. The van der Waals surface area contributed by atoms with Crippen LogP contribution in [0.1, 0.15) is 11.1 Å². The van der Waals surface area contributed by atoms with Gasteiger partial charge in [-0.2, -0.15) is 0 Å². The molecule has 0 saturated carbocycles. The van der Waals surface area contributed by atoms with Gasteiger partial charge >= 0.3 is 0 Å². The molecule has 1 N–H and O–H groups in total. The number of hydrogen-bond donors (Lipinski definition) is 1. The van der Waals surface area contributed by atoms with Crippen LogP contribution in [0.25, 0.3) is 0 Å². The van der Waals surface area contributed by atoms with Crippen molar-refractivity contribution in [2.45, 2.75) is 0 Å². The van der Waals surface area contributed by atoms with Gasteiger partial charge in [0.25, 0.3) is 0 Å². The average Bonchev–Trinajstić information content (AvgIpc) is 2.05. The lowest BCUT2D eigenvalue weighted by molar-refractivity contribution is 1.53. The molecule has 0 aliphatic rings. The predicted octanol–water partition coefficient (Wildman–Crippen LogP) is 1.67. The maximum Gasteiger partial charge on any atom is 0.0250 e. The quantitative estimate of drug-likeness (QED) is 0.440. The van der Waals surface area contributed by atoms with Crippen molar-refractivity contribution < 1.29 is 0 Å². The van der Waals surface area contributed by atoms with Gasteiger partial charge in [0, 0.05) is 11.8 Å². The zero-order chi connectivity index (χ0) is 7.40. The molecule has 10 heavy (non-hydrogen) atoms. The Labute approximate surface area is 60.2 Å². The molecular weight excluding hydrogens is 122 g/mol. The largest absolute Gasteiger partial charge is 0.308 e. The van der Waals surface area contributed by atoms with Crippen LogP contribution in [-0.2, 0) is 0 Å². The van der Waals surface area contributed by atoms with Crippen LogP contribution in [0, 0.1) is 17.8 Å². The summed E-state index contributed by atoms with van der Waals surface area (Å²) in [4.78, 5) is 0. The molecule has 0 amide bonds. The molecule has 0 spiro atoms. The number of hydrogen-bond acceptors (Lipinski definition) is 1. The molecule has 0 fully saturated rings. The van der Waals surface area contributed by atoms with Gasteiger partial charge < -0.3 is 5.41 Å². The molecule has 1 heteroatoms. The highest BCUT2D eigenvalue weighted by atomic mass is 14.3. The van der Waals surface area contributed by atoms with Gasteiger partial charge in [0.1, 0.15) is 0 Å². The van der Waals surface area contributed by atoms with Gasteiger partial charge in [-0.3, -0.25) is 0 Å². The molecule has 1 aromatic carbocycles. The van der Waals surface area contributed by atoms with Crippen molar-refractivity contribution in [3.8, 4) is 12.3 Å². The summed E-state index contributed by atoms with van der Waals surface area (Å²) in [7, 11) is 0. The van der Waals surface area contributed by atoms with Crippen LogP contribution in [0.4, 0.5) is 0 Å². The fourth-order valence-corrected chi connectivity index (χ4v) is 0.718. The van der Waals surface area contributed by atoms with E-state index in [1.807, 2.05) is 18.2 Å². The van der Waals surface area contributed by atoms with Crippen molar-refractivity contribution in [1.82, 2.24) is 0 Å². The summed E-state index contributed by atoms with van der Waals surface area (Å²) >= 11 is 0. The Balaban J connectivity index is 3.13. The first-order chi connectivity index (χ1) is 4.86. The summed E-state index contributed by atoms with van der Waals surface area (Å²) in [5.74, 6) is 2.50. The second-order valence-corrected chi connectivity index (χ2v) is 1.91. The first kappa shape index (κ1) is 6.57. The minimum absolute atomic E-state index is 0.820. The highest BCUT2D eigenvalue weighted by Crippen LogP contribution is 2.00. The third-order valence-electron chi connectivity index (χ3n) is 1.22. The summed E-state index contributed by atoms with van der Waals surface area (Å²) in [5, 5.41) is 6.92. The molecule has 1 aromatic rings. The number of rotatable bonds is 1. The average molecular weight is 129 g/mol. The van der Waals surface area contributed by atoms with E-state index in [0.29, 0.717) is 0 Å². The van der Waals surface area contributed by atoms with Gasteiger partial charge in [-0.05, 0) is 17.7 Å². The normalized spacial score (nSPS) is 8.30. The van der Waals surface area contributed by atoms with E-state index in [-0.39, 0.29) is 0 Å². The van der Waals surface area contributed by atoms with Gasteiger partial charge in [-0.15, -0.1) is 6.42 Å². The van der Waals surface area contributed by atoms with Crippen molar-refractivity contribution in [1.29, 1.82) is 5.41 Å². The minimum Gasteiger partial charge on any atom is -0.308 e. The SMILES string of the molecule is C#Cc1cccc(C=N)c1. The van der Waals surface area contributed by atoms with Crippen molar-refractivity contribution >= 4 is 6.21 Å². The summed E-state index contributed by atoms with van der Waals surface area (Å²) in [5.41, 5.74) is 1.66. The molecule has 1 nitrogen and oxygen atoms in total. The van der Waals surface area contributed by atoms with Crippen molar-refractivity contribution in [2.24, 2.45) is 0 Å². The minimum atomic E-state index is 0.820. The summed E-state index contributed by atoms with van der Waals surface area (Å²) < 4.78 is 0. The van der Waals surface area contributed by atoms with Gasteiger partial charge in [0.15, 0.2) is 0 Å². The maximum absolute atomic E-state index is 6.92. The van der Waals surface area contributed by atoms with Crippen LogP contribution >= 0.6 is 0 Å². The van der Waals surface area contributed by atoms with Crippen molar-refractivity contribution in [3.05, 3.63) is 35.4 Å². The Morgan fingerprint density at radius 1 is 1.50 bits per heavy atom. The van der Waals surface area contributed by atoms with Crippen LogP contribution in [-0.4, -0.2) is 6.21 Å². The lowest BCUT2D eigenvalue weighted by atomic mass is 10.1. The highest BCUT2D eigenvalue weighted by molar-refractivity contribution is 5.77. The van der Waals surface area contributed by atoms with E-state index in [0.717, 1.165) is 11.1 Å². The van der Waals surface area contributed by atoms with Crippen molar-refractivity contribution in [3.63, 3.8) is 0 Å². The van der Waals surface area contributed by atoms with Gasteiger partial charge in [0.2, 0.25) is 0 Å². The summed E-state index contributed by atoms with van der Waals surface area (Å²) in [6.45, 7) is 0. The zero-order valence-corrected chi connectivity index (χ0v) is 5.46. The maximum atomic E-state index is 6.92. The molecule has 0 aromatic heterocycles. The van der Waals surface area contributed by atoms with Gasteiger partial charge in [-0.25, -0.2) is 0 Å². The fourth-order valence-electron chi connectivity index (χ4n) is 0.718. The standard InChI is InChI=1S/C9H7N/c1-2-8-4-3-5-9(6-8)7-10/h1,3-7,10H. The molecule has 0 unspecified atom stereocenters. The Morgan fingerprint density at radius 2 is 2.30 bits per heavy atom. The molecule has 0 saturated heterocycles. The topological polar surface area (TPSA) is 23.9 Å². The molecule has 1 rings (SSSR count). The third-order valence-corrected chi connectivity index (χ3v) is 1.22. The van der Waals surface area contributed by atoms with Crippen LogP contribution in [0.15, 0.2) is 24.3 Å². The summed E-state index contributed by atoms with van der Waals surface area (Å²) in [6, 6.07) is 7.32. The monoisotopic (exact) mass is 129 g/mol. The Kier molecular flexibility index (Phi) is 1.86. The van der Waals surface area contributed by atoms with E-state index in [9.17, 15) is 0 Å². The van der Waals surface area contributed by atoms with E-state index in [1.54, 1.807) is 6.07 Å². The first-order valence-electron chi connectivity index (χ1n) is 2.94. The van der Waals surface area contributed by atoms with E-state index < -0.39 is 0 Å². The molecule has 0 radical (unpaired) electrons. The lowest BCUT2D eigenvalue weighted by Gasteiger charge is -1.90. The van der Waals surface area contributed by atoms with Crippen molar-refractivity contribution in [2.75, 3.05) is 0 Å². The van der Waals surface area contributed by atoms with E-state index in [1.165, 1.54) is 6.21 Å². The predicted molar refractivity (Wildman–Crippen MR) is 42.3 cm³/mol. The van der Waals surface area contributed by atoms with Gasteiger partial charge in [-0.1, -0.05) is 18.1 Å². The van der Waals surface area contributed by atoms with E-state index in [4.69, 9.17) is 11.8 Å². The third kappa shape index (κ3) is 1.24. The van der Waals surface area contributed by atoms with Crippen LogP contribution in [0.5, 0.6) is 0 Å². The van der Waals surface area contributed by atoms with Crippen LogP contribution in [0.2, 0.25) is 0 Å². The molecule has 48 valence electrons. The Morgan fingerprint density at radius 3 is 2.90 bits per heavy atom. The molecule has 0 heterocycles. The van der Waals surface area contributed by atoms with Crippen LogP contribution < -0.4 is 0 Å². The molecule has 0 aliphatic heterocycles. The number of nitrogens with one attached hydrogen (secondary N) is 1. The number of terminal acetylenes is 1. The first-order valence-corrected chi connectivity index (χ1v) is 2.94. The molecular formula is C9H7N. The second-order valence-electron chi connectivity index (χ2n) is 1.91. The van der Waals surface area contributed by atoms with Gasteiger partial charge in [0.05, 0.1) is 0 Å². The van der Waals surface area contributed by atoms with E-state index >= 15 is 0 Å². The molecule has 0 aliphatic carbocycles. The van der Waals surface area contributed by atoms with E-state index in [2.05, 4.69) is 5.92 Å². The molecule has 0 bridgehead atoms. The van der Waals surface area contributed by atoms with Crippen LogP contribution in [0.3, 0.4) is 0 Å². The molecule has 0 atom stereocenters. The zero-order valence-electron chi connectivity index (χ0n) is 5.46. The number of benzene rings is 1. The fraction of sp³-hybridized carbons (Fsp3) is 0. The highest BCUT2D eigenvalue weighted by Gasteiger charge is 1.86. The summed E-state index contributed by atoms with van der Waals surface area (Å²) in [6.07, 6.45) is 6.43. The Bertz CT molecular complexity index is 281. The lowest BCUT2D eigenvalue weighted by Crippen LogP contribution is -1.79. The second kappa shape index (κ2) is 2.84. The smallest absolute Gasteiger partial charge is 0.0250 e.